The summed E-state index contributed by atoms with van der Waals surface area (Å²) in [5.41, 5.74) is 0.823. The molecule has 0 bridgehead atoms. The summed E-state index contributed by atoms with van der Waals surface area (Å²) >= 11 is 0. The second-order valence-corrected chi connectivity index (χ2v) is 6.21. The number of methoxy groups -OCH3 is 2. The summed E-state index contributed by atoms with van der Waals surface area (Å²) < 4.78 is 34.7. The van der Waals surface area contributed by atoms with E-state index in [2.05, 4.69) is 10.1 Å². The van der Waals surface area contributed by atoms with Crippen molar-refractivity contribution in [3.05, 3.63) is 65.6 Å². The molecule has 0 amide bonds. The van der Waals surface area contributed by atoms with E-state index in [-0.39, 0.29) is 18.2 Å². The first-order valence-corrected chi connectivity index (χ1v) is 8.66. The highest BCUT2D eigenvalue weighted by Crippen LogP contribution is 2.19. The lowest BCUT2D eigenvalue weighted by Crippen LogP contribution is -2.17. The van der Waals surface area contributed by atoms with Gasteiger partial charge in [0.25, 0.3) is 0 Å². The molecule has 2 aromatic carbocycles. The number of hydrogen-bond acceptors (Lipinski definition) is 7. The second kappa shape index (κ2) is 9.18. The third kappa shape index (κ3) is 5.20. The number of halogens is 1. The van der Waals surface area contributed by atoms with Crippen LogP contribution in [0.2, 0.25) is 0 Å². The number of rotatable bonds is 9. The Morgan fingerprint density at radius 3 is 2.43 bits per heavy atom. The maximum absolute atomic E-state index is 13.8. The van der Waals surface area contributed by atoms with Crippen molar-refractivity contribution in [1.29, 1.82) is 0 Å². The van der Waals surface area contributed by atoms with Crippen molar-refractivity contribution >= 4 is 0 Å². The Bertz CT molecular complexity index is 899. The van der Waals surface area contributed by atoms with Crippen LogP contribution in [0.5, 0.6) is 17.2 Å². The summed E-state index contributed by atoms with van der Waals surface area (Å²) in [6, 6.07) is 12.1. The zero-order valence-corrected chi connectivity index (χ0v) is 16.0. The van der Waals surface area contributed by atoms with E-state index >= 15 is 0 Å². The summed E-state index contributed by atoms with van der Waals surface area (Å²) in [5.74, 6) is 2.20. The largest absolute Gasteiger partial charge is 0.497 e. The molecule has 0 fully saturated rings. The summed E-state index contributed by atoms with van der Waals surface area (Å²) in [7, 11) is 4.94. The normalized spacial score (nSPS) is 10.9. The van der Waals surface area contributed by atoms with Crippen molar-refractivity contribution in [3.8, 4) is 17.2 Å². The number of hydrogen-bond donors (Lipinski definition) is 0. The van der Waals surface area contributed by atoms with Gasteiger partial charge in [0, 0.05) is 6.54 Å². The molecule has 1 heterocycles. The van der Waals surface area contributed by atoms with E-state index < -0.39 is 0 Å². The molecule has 0 saturated heterocycles. The molecule has 0 unspecified atom stereocenters. The average molecular weight is 387 g/mol. The predicted molar refractivity (Wildman–Crippen MR) is 99.7 cm³/mol. The summed E-state index contributed by atoms with van der Waals surface area (Å²) in [4.78, 5) is 6.27. The third-order valence-corrected chi connectivity index (χ3v) is 4.01. The zero-order chi connectivity index (χ0) is 19.9. The molecule has 0 radical (unpaired) electrons. The van der Waals surface area contributed by atoms with Gasteiger partial charge in [0.1, 0.15) is 11.5 Å². The van der Waals surface area contributed by atoms with Gasteiger partial charge in [0.2, 0.25) is 11.7 Å². The lowest BCUT2D eigenvalue weighted by Gasteiger charge is -2.14. The maximum atomic E-state index is 13.8. The SMILES string of the molecule is COc1ccc(OCc2noc(CN(C)Cc3ccc(OC)c(F)c3)n2)cc1. The predicted octanol–water partition coefficient (Wildman–Crippen LogP) is 3.44. The molecule has 1 aromatic heterocycles. The van der Waals surface area contributed by atoms with Gasteiger partial charge in [-0.15, -0.1) is 0 Å². The van der Waals surface area contributed by atoms with Crippen LogP contribution in [0.1, 0.15) is 17.3 Å². The summed E-state index contributed by atoms with van der Waals surface area (Å²) in [5, 5.41) is 3.92. The Hall–Kier alpha value is -3.13. The quantitative estimate of drug-likeness (QED) is 0.557. The number of ether oxygens (including phenoxy) is 3. The smallest absolute Gasteiger partial charge is 0.240 e. The molecule has 0 atom stereocenters. The van der Waals surface area contributed by atoms with Gasteiger partial charge >= 0.3 is 0 Å². The minimum Gasteiger partial charge on any atom is -0.497 e. The van der Waals surface area contributed by atoms with Gasteiger partial charge in [-0.2, -0.15) is 4.98 Å². The fourth-order valence-corrected chi connectivity index (χ4v) is 2.64. The van der Waals surface area contributed by atoms with Gasteiger partial charge in [-0.25, -0.2) is 4.39 Å². The topological polar surface area (TPSA) is 69.9 Å². The van der Waals surface area contributed by atoms with Gasteiger partial charge < -0.3 is 18.7 Å². The molecule has 0 aliphatic rings. The van der Waals surface area contributed by atoms with Gasteiger partial charge in [-0.1, -0.05) is 11.2 Å². The molecule has 0 spiro atoms. The average Bonchev–Trinajstić information content (AvgIpc) is 3.14. The zero-order valence-electron chi connectivity index (χ0n) is 16.0. The van der Waals surface area contributed by atoms with E-state index in [1.807, 2.05) is 42.3 Å². The van der Waals surface area contributed by atoms with Crippen LogP contribution in [0.4, 0.5) is 4.39 Å². The fourth-order valence-electron chi connectivity index (χ4n) is 2.64. The van der Waals surface area contributed by atoms with E-state index in [0.29, 0.717) is 30.6 Å². The molecular weight excluding hydrogens is 365 g/mol. The van der Waals surface area contributed by atoms with E-state index in [0.717, 1.165) is 11.3 Å². The van der Waals surface area contributed by atoms with Crippen LogP contribution >= 0.6 is 0 Å². The lowest BCUT2D eigenvalue weighted by atomic mass is 10.2. The second-order valence-electron chi connectivity index (χ2n) is 6.21. The van der Waals surface area contributed by atoms with Crippen LogP contribution in [-0.2, 0) is 19.7 Å². The van der Waals surface area contributed by atoms with Crippen LogP contribution in [0.15, 0.2) is 47.0 Å². The molecule has 28 heavy (non-hydrogen) atoms. The van der Waals surface area contributed by atoms with Crippen molar-refractivity contribution in [2.75, 3.05) is 21.3 Å². The lowest BCUT2D eigenvalue weighted by molar-refractivity contribution is 0.256. The van der Waals surface area contributed by atoms with Crippen LogP contribution in [0.3, 0.4) is 0 Å². The molecule has 3 rings (SSSR count). The van der Waals surface area contributed by atoms with Crippen LogP contribution in [0, 0.1) is 5.82 Å². The summed E-state index contributed by atoms with van der Waals surface area (Å²) in [6.45, 7) is 1.16. The molecule has 3 aromatic rings. The monoisotopic (exact) mass is 387 g/mol. The molecule has 0 saturated carbocycles. The standard InChI is InChI=1S/C20H22FN3O4/c1-24(11-14-4-9-18(26-3)17(21)10-14)12-20-22-19(23-28-20)13-27-16-7-5-15(25-2)6-8-16/h4-10H,11-13H2,1-3H3. The fraction of sp³-hybridized carbons (Fsp3) is 0.300. The highest BCUT2D eigenvalue weighted by Gasteiger charge is 2.11. The van der Waals surface area contributed by atoms with E-state index in [1.54, 1.807) is 13.2 Å². The molecule has 8 heteroatoms. The number of nitrogens with zero attached hydrogens (tertiary/aromatic N) is 3. The molecule has 0 aliphatic heterocycles. The molecule has 0 N–H and O–H groups in total. The first kappa shape index (κ1) is 19.6. The van der Waals surface area contributed by atoms with Crippen molar-refractivity contribution in [2.45, 2.75) is 19.7 Å². The third-order valence-electron chi connectivity index (χ3n) is 4.01. The minimum atomic E-state index is -0.385. The molecule has 0 aliphatic carbocycles. The Labute approximate surface area is 162 Å². The van der Waals surface area contributed by atoms with Gasteiger partial charge in [0.15, 0.2) is 18.2 Å². The van der Waals surface area contributed by atoms with Crippen molar-refractivity contribution < 1.29 is 23.1 Å². The molecule has 148 valence electrons. The van der Waals surface area contributed by atoms with Crippen LogP contribution in [0.25, 0.3) is 0 Å². The van der Waals surface area contributed by atoms with Crippen LogP contribution in [-0.4, -0.2) is 36.3 Å². The van der Waals surface area contributed by atoms with E-state index in [9.17, 15) is 4.39 Å². The highest BCUT2D eigenvalue weighted by molar-refractivity contribution is 5.31. The van der Waals surface area contributed by atoms with E-state index in [4.69, 9.17) is 18.7 Å². The summed E-state index contributed by atoms with van der Waals surface area (Å²) in [6.07, 6.45) is 0. The van der Waals surface area contributed by atoms with Crippen molar-refractivity contribution in [3.63, 3.8) is 0 Å². The Balaban J connectivity index is 1.51. The van der Waals surface area contributed by atoms with Gasteiger partial charge in [-0.05, 0) is 49.0 Å². The first-order valence-electron chi connectivity index (χ1n) is 8.66. The maximum Gasteiger partial charge on any atom is 0.240 e. The molecule has 7 nitrogen and oxygen atoms in total. The molecular formula is C20H22FN3O4. The minimum absolute atomic E-state index is 0.198. The first-order chi connectivity index (χ1) is 13.6. The van der Waals surface area contributed by atoms with E-state index in [1.165, 1.54) is 13.2 Å². The highest BCUT2D eigenvalue weighted by atomic mass is 19.1. The number of aromatic nitrogens is 2. The number of benzene rings is 2. The Kier molecular flexibility index (Phi) is 6.44. The van der Waals surface area contributed by atoms with Crippen molar-refractivity contribution in [1.82, 2.24) is 15.0 Å². The Morgan fingerprint density at radius 1 is 1.00 bits per heavy atom. The van der Waals surface area contributed by atoms with Crippen molar-refractivity contribution in [2.24, 2.45) is 0 Å². The van der Waals surface area contributed by atoms with Gasteiger partial charge in [-0.3, -0.25) is 4.90 Å². The van der Waals surface area contributed by atoms with Gasteiger partial charge in [0.05, 0.1) is 20.8 Å². The van der Waals surface area contributed by atoms with Crippen LogP contribution < -0.4 is 14.2 Å². The Morgan fingerprint density at radius 2 is 1.75 bits per heavy atom.